The van der Waals surface area contributed by atoms with Gasteiger partial charge in [-0.2, -0.15) is 0 Å². The summed E-state index contributed by atoms with van der Waals surface area (Å²) >= 11 is 0. The van der Waals surface area contributed by atoms with Crippen molar-refractivity contribution in [1.82, 2.24) is 15.2 Å². The Morgan fingerprint density at radius 1 is 1.31 bits per heavy atom. The molecule has 0 aliphatic rings. The molecule has 0 saturated carbocycles. The summed E-state index contributed by atoms with van der Waals surface area (Å²) in [5, 5.41) is 16.3. The zero-order chi connectivity index (χ0) is 9.26. The zero-order valence-corrected chi connectivity index (χ0v) is 7.18. The molecule has 2 rings (SSSR count). The van der Waals surface area contributed by atoms with Crippen molar-refractivity contribution in [2.75, 3.05) is 0 Å². The molecule has 2 aromatic rings. The molecule has 0 aliphatic carbocycles. The molecular formula is C9H9N3O. The largest absolute Gasteiger partial charge is 0.396 e. The van der Waals surface area contributed by atoms with Crippen molar-refractivity contribution in [2.45, 2.75) is 6.92 Å². The van der Waals surface area contributed by atoms with Crippen molar-refractivity contribution >= 4 is 0 Å². The van der Waals surface area contributed by atoms with Crippen molar-refractivity contribution in [3.05, 3.63) is 36.0 Å². The van der Waals surface area contributed by atoms with Crippen LogP contribution < -0.4 is 0 Å². The standard InChI is InChI=1S/C9H9N3O/c1-7-4-2-3-5-8(7)9-6-10-12(13)11-9/h2-6,13H,1H3. The van der Waals surface area contributed by atoms with Crippen LogP contribution in [0.15, 0.2) is 30.5 Å². The summed E-state index contributed by atoms with van der Waals surface area (Å²) in [6.07, 6.45) is 1.53. The molecule has 1 heterocycles. The molecule has 0 radical (unpaired) electrons. The van der Waals surface area contributed by atoms with E-state index < -0.39 is 0 Å². The summed E-state index contributed by atoms with van der Waals surface area (Å²) in [6.45, 7) is 1.99. The minimum atomic E-state index is 0.571. The van der Waals surface area contributed by atoms with E-state index in [2.05, 4.69) is 10.2 Å². The number of rotatable bonds is 1. The number of nitrogens with zero attached hydrogens (tertiary/aromatic N) is 3. The third-order valence-electron chi connectivity index (χ3n) is 1.90. The van der Waals surface area contributed by atoms with E-state index >= 15 is 0 Å². The van der Waals surface area contributed by atoms with Crippen molar-refractivity contribution in [1.29, 1.82) is 0 Å². The Balaban J connectivity index is 2.52. The molecule has 13 heavy (non-hydrogen) atoms. The molecule has 1 aromatic carbocycles. The van der Waals surface area contributed by atoms with E-state index in [4.69, 9.17) is 5.21 Å². The third kappa shape index (κ3) is 1.38. The molecule has 0 aliphatic heterocycles. The summed E-state index contributed by atoms with van der Waals surface area (Å²) in [4.78, 5) is 0.571. The Labute approximate surface area is 75.4 Å². The van der Waals surface area contributed by atoms with Crippen molar-refractivity contribution in [3.8, 4) is 11.3 Å². The van der Waals surface area contributed by atoms with Crippen LogP contribution in [0, 0.1) is 6.92 Å². The van der Waals surface area contributed by atoms with Crippen molar-refractivity contribution in [3.63, 3.8) is 0 Å². The highest BCUT2D eigenvalue weighted by Gasteiger charge is 2.04. The van der Waals surface area contributed by atoms with Gasteiger partial charge in [0, 0.05) is 5.56 Å². The summed E-state index contributed by atoms with van der Waals surface area (Å²) in [7, 11) is 0. The van der Waals surface area contributed by atoms with Gasteiger partial charge in [-0.25, -0.2) is 0 Å². The molecule has 0 saturated heterocycles. The quantitative estimate of drug-likeness (QED) is 0.668. The van der Waals surface area contributed by atoms with Gasteiger partial charge >= 0.3 is 0 Å². The summed E-state index contributed by atoms with van der Waals surface area (Å²) in [5.41, 5.74) is 2.78. The Morgan fingerprint density at radius 3 is 2.69 bits per heavy atom. The van der Waals surface area contributed by atoms with Gasteiger partial charge in [0.1, 0.15) is 5.69 Å². The van der Waals surface area contributed by atoms with E-state index in [9.17, 15) is 0 Å². The lowest BCUT2D eigenvalue weighted by Crippen LogP contribution is -1.94. The first-order valence-electron chi connectivity index (χ1n) is 3.95. The molecule has 0 unspecified atom stereocenters. The number of hydrogen-bond acceptors (Lipinski definition) is 3. The van der Waals surface area contributed by atoms with Gasteiger partial charge in [0.25, 0.3) is 0 Å². The molecule has 4 heteroatoms. The van der Waals surface area contributed by atoms with Crippen LogP contribution in [0.3, 0.4) is 0 Å². The van der Waals surface area contributed by atoms with Gasteiger partial charge in [0.2, 0.25) is 0 Å². The zero-order valence-electron chi connectivity index (χ0n) is 7.18. The highest BCUT2D eigenvalue weighted by Crippen LogP contribution is 2.19. The number of aryl methyl sites for hydroxylation is 1. The van der Waals surface area contributed by atoms with Gasteiger partial charge in [0.15, 0.2) is 0 Å². The van der Waals surface area contributed by atoms with Crippen LogP contribution in [-0.4, -0.2) is 20.4 Å². The van der Waals surface area contributed by atoms with Crippen molar-refractivity contribution < 1.29 is 5.21 Å². The molecule has 4 nitrogen and oxygen atoms in total. The first-order chi connectivity index (χ1) is 6.27. The normalized spacial score (nSPS) is 10.2. The predicted molar refractivity (Wildman–Crippen MR) is 47.4 cm³/mol. The average Bonchev–Trinajstić information content (AvgIpc) is 2.53. The van der Waals surface area contributed by atoms with E-state index in [1.165, 1.54) is 6.20 Å². The van der Waals surface area contributed by atoms with Crippen LogP contribution in [0.5, 0.6) is 0 Å². The molecule has 0 spiro atoms. The first-order valence-corrected chi connectivity index (χ1v) is 3.95. The van der Waals surface area contributed by atoms with E-state index in [1.54, 1.807) is 0 Å². The van der Waals surface area contributed by atoms with Crippen molar-refractivity contribution in [2.24, 2.45) is 0 Å². The number of benzene rings is 1. The van der Waals surface area contributed by atoms with Crippen LogP contribution >= 0.6 is 0 Å². The van der Waals surface area contributed by atoms with Gasteiger partial charge < -0.3 is 5.21 Å². The Bertz CT molecular complexity index is 422. The van der Waals surface area contributed by atoms with Crippen LogP contribution in [0.4, 0.5) is 0 Å². The number of hydrogen-bond donors (Lipinski definition) is 1. The topological polar surface area (TPSA) is 50.9 Å². The lowest BCUT2D eigenvalue weighted by molar-refractivity contribution is 0.111. The maximum absolute atomic E-state index is 8.90. The summed E-state index contributed by atoms with van der Waals surface area (Å²) in [6, 6.07) is 7.83. The van der Waals surface area contributed by atoms with E-state index in [0.717, 1.165) is 11.1 Å². The van der Waals surface area contributed by atoms with Gasteiger partial charge in [-0.05, 0) is 17.4 Å². The van der Waals surface area contributed by atoms with Gasteiger partial charge in [-0.3, -0.25) is 0 Å². The van der Waals surface area contributed by atoms with Crippen LogP contribution in [0.25, 0.3) is 11.3 Å². The average molecular weight is 175 g/mol. The maximum atomic E-state index is 8.90. The Morgan fingerprint density at radius 2 is 2.08 bits per heavy atom. The van der Waals surface area contributed by atoms with E-state index in [1.807, 2.05) is 31.2 Å². The molecule has 0 amide bonds. The number of aromatic nitrogens is 3. The molecule has 0 fully saturated rings. The predicted octanol–water partition coefficient (Wildman–Crippen LogP) is 1.49. The lowest BCUT2D eigenvalue weighted by Gasteiger charge is -1.98. The van der Waals surface area contributed by atoms with Gasteiger partial charge in [-0.15, -0.1) is 10.2 Å². The first kappa shape index (κ1) is 7.79. The summed E-state index contributed by atoms with van der Waals surface area (Å²) in [5.74, 6) is 0. The van der Waals surface area contributed by atoms with Gasteiger partial charge in [-0.1, -0.05) is 24.3 Å². The summed E-state index contributed by atoms with van der Waals surface area (Å²) < 4.78 is 0. The SMILES string of the molecule is Cc1ccccc1-c1cnn(O)n1. The molecule has 0 atom stereocenters. The second-order valence-electron chi connectivity index (χ2n) is 2.81. The monoisotopic (exact) mass is 175 g/mol. The fourth-order valence-electron chi connectivity index (χ4n) is 1.24. The second-order valence-corrected chi connectivity index (χ2v) is 2.81. The second kappa shape index (κ2) is 2.90. The molecule has 1 N–H and O–H groups in total. The van der Waals surface area contributed by atoms with E-state index in [0.29, 0.717) is 10.7 Å². The maximum Gasteiger partial charge on any atom is 0.117 e. The fraction of sp³-hybridized carbons (Fsp3) is 0.111. The highest BCUT2D eigenvalue weighted by molar-refractivity contribution is 5.61. The van der Waals surface area contributed by atoms with Crippen LogP contribution in [-0.2, 0) is 0 Å². The molecule has 66 valence electrons. The smallest absolute Gasteiger partial charge is 0.117 e. The molecule has 1 aromatic heterocycles. The Kier molecular flexibility index (Phi) is 1.73. The Hall–Kier alpha value is -1.84. The highest BCUT2D eigenvalue weighted by atomic mass is 16.5. The van der Waals surface area contributed by atoms with Gasteiger partial charge in [0.05, 0.1) is 6.20 Å². The van der Waals surface area contributed by atoms with Crippen LogP contribution in [0.2, 0.25) is 0 Å². The fourth-order valence-corrected chi connectivity index (χ4v) is 1.24. The lowest BCUT2D eigenvalue weighted by atomic mass is 10.1. The minimum Gasteiger partial charge on any atom is -0.396 e. The molecular weight excluding hydrogens is 166 g/mol. The minimum absolute atomic E-state index is 0.571. The molecule has 0 bridgehead atoms. The van der Waals surface area contributed by atoms with E-state index in [-0.39, 0.29) is 0 Å². The third-order valence-corrected chi connectivity index (χ3v) is 1.90. The van der Waals surface area contributed by atoms with Crippen LogP contribution in [0.1, 0.15) is 5.56 Å².